The van der Waals surface area contributed by atoms with E-state index in [1.54, 1.807) is 7.11 Å². The van der Waals surface area contributed by atoms with Crippen molar-refractivity contribution in [3.63, 3.8) is 0 Å². The first kappa shape index (κ1) is 17.0. The van der Waals surface area contributed by atoms with E-state index in [-0.39, 0.29) is 0 Å². The van der Waals surface area contributed by atoms with Crippen molar-refractivity contribution in [3.8, 4) is 0 Å². The second kappa shape index (κ2) is 7.74. The van der Waals surface area contributed by atoms with Crippen molar-refractivity contribution in [1.29, 1.82) is 0 Å². The summed E-state index contributed by atoms with van der Waals surface area (Å²) in [7, 11) is 1.66. The van der Waals surface area contributed by atoms with E-state index in [2.05, 4.69) is 28.1 Å². The molecule has 6 nitrogen and oxygen atoms in total. The normalized spacial score (nSPS) is 22.8. The molecule has 2 N–H and O–H groups in total. The van der Waals surface area contributed by atoms with Crippen LogP contribution in [0.15, 0.2) is 6.07 Å². The molecule has 0 bridgehead atoms. The van der Waals surface area contributed by atoms with Crippen LogP contribution in [0.3, 0.4) is 0 Å². The molecule has 6 heteroatoms. The van der Waals surface area contributed by atoms with Gasteiger partial charge in [0, 0.05) is 32.5 Å². The zero-order chi connectivity index (χ0) is 16.0. The van der Waals surface area contributed by atoms with Gasteiger partial charge in [-0.25, -0.2) is 0 Å². The number of H-pyrrole nitrogens is 1. The number of nitrogens with zero attached hydrogens (tertiary/aromatic N) is 2. The van der Waals surface area contributed by atoms with Crippen LogP contribution < -0.4 is 0 Å². The molecule has 0 spiro atoms. The van der Waals surface area contributed by atoms with Gasteiger partial charge in [-0.2, -0.15) is 5.10 Å². The Morgan fingerprint density at radius 1 is 1.59 bits per heavy atom. The fourth-order valence-corrected chi connectivity index (χ4v) is 3.31. The highest BCUT2D eigenvalue weighted by molar-refractivity contribution is 5.75. The summed E-state index contributed by atoms with van der Waals surface area (Å²) >= 11 is 0. The Bertz CT molecular complexity index is 489. The van der Waals surface area contributed by atoms with Gasteiger partial charge in [-0.15, -0.1) is 0 Å². The molecule has 1 atom stereocenters. The van der Waals surface area contributed by atoms with Gasteiger partial charge < -0.3 is 9.84 Å². The number of aromatic amines is 1. The van der Waals surface area contributed by atoms with Crippen molar-refractivity contribution < 1.29 is 14.6 Å². The molecular formula is C16H27N3O3. The van der Waals surface area contributed by atoms with Crippen LogP contribution in [-0.2, 0) is 22.5 Å². The number of methoxy groups -OCH3 is 1. The molecule has 22 heavy (non-hydrogen) atoms. The fourth-order valence-electron chi connectivity index (χ4n) is 3.31. The number of hydrogen-bond acceptors (Lipinski definition) is 4. The lowest BCUT2D eigenvalue weighted by Gasteiger charge is -2.39. The van der Waals surface area contributed by atoms with Crippen molar-refractivity contribution in [2.75, 3.05) is 26.8 Å². The van der Waals surface area contributed by atoms with Gasteiger partial charge in [0.2, 0.25) is 0 Å². The highest BCUT2D eigenvalue weighted by atomic mass is 16.5. The van der Waals surface area contributed by atoms with Crippen LogP contribution in [-0.4, -0.2) is 53.0 Å². The van der Waals surface area contributed by atoms with Crippen molar-refractivity contribution in [1.82, 2.24) is 15.1 Å². The van der Waals surface area contributed by atoms with Gasteiger partial charge in [-0.05, 0) is 44.7 Å². The van der Waals surface area contributed by atoms with E-state index in [4.69, 9.17) is 4.74 Å². The lowest BCUT2D eigenvalue weighted by Crippen LogP contribution is -2.47. The van der Waals surface area contributed by atoms with Crippen LogP contribution >= 0.6 is 0 Å². The number of aromatic nitrogens is 2. The molecule has 0 amide bonds. The van der Waals surface area contributed by atoms with Crippen LogP contribution in [0.1, 0.15) is 44.0 Å². The number of piperidine rings is 1. The molecule has 0 unspecified atom stereocenters. The van der Waals surface area contributed by atoms with Crippen molar-refractivity contribution in [2.45, 2.75) is 45.6 Å². The number of likely N-dealkylation sites (tertiary alicyclic amines) is 1. The number of rotatable bonds is 8. The largest absolute Gasteiger partial charge is 0.481 e. The minimum atomic E-state index is -0.674. The van der Waals surface area contributed by atoms with Crippen LogP contribution in [0.4, 0.5) is 0 Å². The van der Waals surface area contributed by atoms with E-state index in [9.17, 15) is 9.90 Å². The van der Waals surface area contributed by atoms with E-state index >= 15 is 0 Å². The molecule has 1 aromatic heterocycles. The first-order valence-corrected chi connectivity index (χ1v) is 8.07. The Morgan fingerprint density at radius 3 is 3.05 bits per heavy atom. The Morgan fingerprint density at radius 2 is 2.41 bits per heavy atom. The predicted octanol–water partition coefficient (Wildman–Crippen LogP) is 2.07. The summed E-state index contributed by atoms with van der Waals surface area (Å²) in [4.78, 5) is 14.1. The highest BCUT2D eigenvalue weighted by Crippen LogP contribution is 2.35. The molecule has 1 aromatic rings. The van der Waals surface area contributed by atoms with Gasteiger partial charge in [0.05, 0.1) is 11.1 Å². The fraction of sp³-hybridized carbons (Fsp3) is 0.750. The zero-order valence-electron chi connectivity index (χ0n) is 13.6. The molecule has 2 heterocycles. The third kappa shape index (κ3) is 4.08. The average Bonchev–Trinajstić information content (AvgIpc) is 2.95. The third-order valence-corrected chi connectivity index (χ3v) is 4.55. The second-order valence-electron chi connectivity index (χ2n) is 6.23. The van der Waals surface area contributed by atoms with E-state index in [0.29, 0.717) is 19.6 Å². The minimum absolute atomic E-state index is 0.604. The van der Waals surface area contributed by atoms with Crippen LogP contribution in [0.25, 0.3) is 0 Å². The molecule has 0 radical (unpaired) electrons. The number of carbonyl (C=O) groups is 1. The maximum absolute atomic E-state index is 11.8. The van der Waals surface area contributed by atoms with Gasteiger partial charge in [0.25, 0.3) is 0 Å². The maximum atomic E-state index is 11.8. The van der Waals surface area contributed by atoms with E-state index in [0.717, 1.165) is 50.2 Å². The topological polar surface area (TPSA) is 78.5 Å². The average molecular weight is 309 g/mol. The summed E-state index contributed by atoms with van der Waals surface area (Å²) in [6.45, 7) is 4.99. The standard InChI is InChI=1S/C16H27N3O3/c1-3-13-10-14(18-17-13)11-19-8-4-6-16(12-19,15(20)21)7-5-9-22-2/h10H,3-9,11-12H2,1-2H3,(H,17,18)(H,20,21)/t16-/m0/s1. The lowest BCUT2D eigenvalue weighted by molar-refractivity contribution is -0.153. The Kier molecular flexibility index (Phi) is 5.97. The van der Waals surface area contributed by atoms with E-state index in [1.165, 1.54) is 0 Å². The molecule has 0 aliphatic carbocycles. The summed E-state index contributed by atoms with van der Waals surface area (Å²) in [6.07, 6.45) is 4.06. The summed E-state index contributed by atoms with van der Waals surface area (Å²) in [5.74, 6) is -0.674. The summed E-state index contributed by atoms with van der Waals surface area (Å²) < 4.78 is 5.08. The van der Waals surface area contributed by atoms with Crippen LogP contribution in [0.5, 0.6) is 0 Å². The number of hydrogen-bond donors (Lipinski definition) is 2. The monoisotopic (exact) mass is 309 g/mol. The van der Waals surface area contributed by atoms with Crippen molar-refractivity contribution >= 4 is 5.97 Å². The number of nitrogens with one attached hydrogen (secondary N) is 1. The summed E-state index contributed by atoms with van der Waals surface area (Å²) in [6, 6.07) is 2.07. The zero-order valence-corrected chi connectivity index (χ0v) is 13.6. The van der Waals surface area contributed by atoms with Gasteiger partial charge >= 0.3 is 5.97 Å². The van der Waals surface area contributed by atoms with Crippen LogP contribution in [0, 0.1) is 5.41 Å². The Hall–Kier alpha value is -1.40. The highest BCUT2D eigenvalue weighted by Gasteiger charge is 2.41. The van der Waals surface area contributed by atoms with Crippen molar-refractivity contribution in [3.05, 3.63) is 17.5 Å². The molecule has 1 fully saturated rings. The molecular weight excluding hydrogens is 282 g/mol. The summed E-state index contributed by atoms with van der Waals surface area (Å²) in [5, 5.41) is 17.0. The molecule has 124 valence electrons. The van der Waals surface area contributed by atoms with Crippen molar-refractivity contribution in [2.24, 2.45) is 5.41 Å². The van der Waals surface area contributed by atoms with Gasteiger partial charge in [0.1, 0.15) is 0 Å². The number of carboxylic acids is 1. The third-order valence-electron chi connectivity index (χ3n) is 4.55. The molecule has 1 aliphatic heterocycles. The number of carboxylic acid groups (broad SMARTS) is 1. The lowest BCUT2D eigenvalue weighted by atomic mass is 9.76. The SMILES string of the molecule is CCc1cc(CN2CCC[C@@](CCCOC)(C(=O)O)C2)[nH]n1. The first-order valence-electron chi connectivity index (χ1n) is 8.07. The number of aryl methyl sites for hydroxylation is 1. The number of ether oxygens (including phenoxy) is 1. The summed E-state index contributed by atoms with van der Waals surface area (Å²) in [5.41, 5.74) is 1.48. The van der Waals surface area contributed by atoms with E-state index < -0.39 is 11.4 Å². The first-order chi connectivity index (χ1) is 10.6. The molecule has 1 aliphatic rings. The maximum Gasteiger partial charge on any atom is 0.310 e. The molecule has 1 saturated heterocycles. The Labute approximate surface area is 131 Å². The van der Waals surface area contributed by atoms with Crippen LogP contribution in [0.2, 0.25) is 0 Å². The molecule has 2 rings (SSSR count). The molecule has 0 saturated carbocycles. The van der Waals surface area contributed by atoms with Gasteiger partial charge in [0.15, 0.2) is 0 Å². The van der Waals surface area contributed by atoms with Gasteiger partial charge in [-0.3, -0.25) is 14.8 Å². The Balaban J connectivity index is 1.99. The quantitative estimate of drug-likeness (QED) is 0.719. The number of aliphatic carboxylic acids is 1. The van der Waals surface area contributed by atoms with E-state index in [1.807, 2.05) is 0 Å². The second-order valence-corrected chi connectivity index (χ2v) is 6.23. The van der Waals surface area contributed by atoms with Gasteiger partial charge in [-0.1, -0.05) is 6.92 Å². The predicted molar refractivity (Wildman–Crippen MR) is 83.7 cm³/mol. The molecule has 0 aromatic carbocycles. The minimum Gasteiger partial charge on any atom is -0.481 e. The smallest absolute Gasteiger partial charge is 0.310 e.